The van der Waals surface area contributed by atoms with Crippen LogP contribution in [0.25, 0.3) is 0 Å². The van der Waals surface area contributed by atoms with Crippen molar-refractivity contribution < 1.29 is 19.9 Å². The van der Waals surface area contributed by atoms with E-state index in [1.54, 1.807) is 0 Å². The third kappa shape index (κ3) is 4.35. The summed E-state index contributed by atoms with van der Waals surface area (Å²) in [6.45, 7) is 0. The molecule has 2 rings (SSSR count). The Kier molecular flexibility index (Phi) is 6.97. The van der Waals surface area contributed by atoms with Gasteiger partial charge in [-0.15, -0.1) is 12.4 Å². The molecule has 130 valence electrons. The SMILES string of the molecule is COc1cc([C@H](N)[C@H](O)Cc2ccccc2)cc([N+](=O)[O-])c1O.Cl. The van der Waals surface area contributed by atoms with Crippen molar-refractivity contribution in [1.82, 2.24) is 0 Å². The lowest BCUT2D eigenvalue weighted by Gasteiger charge is -2.20. The number of rotatable bonds is 6. The van der Waals surface area contributed by atoms with Gasteiger partial charge in [-0.3, -0.25) is 10.1 Å². The fourth-order valence-corrected chi connectivity index (χ4v) is 2.31. The first kappa shape index (κ1) is 19.7. The average molecular weight is 355 g/mol. The molecule has 0 aliphatic heterocycles. The molecule has 0 aliphatic rings. The number of aliphatic hydroxyl groups is 1. The highest BCUT2D eigenvalue weighted by molar-refractivity contribution is 5.85. The topological polar surface area (TPSA) is 119 Å². The maximum absolute atomic E-state index is 11.0. The van der Waals surface area contributed by atoms with Gasteiger partial charge in [0.2, 0.25) is 5.75 Å². The van der Waals surface area contributed by atoms with Crippen molar-refractivity contribution in [2.24, 2.45) is 5.73 Å². The van der Waals surface area contributed by atoms with E-state index in [1.165, 1.54) is 13.2 Å². The standard InChI is InChI=1S/C16H18N2O5.ClH/c1-23-14-9-11(8-12(16(14)20)18(21)22)15(17)13(19)7-10-5-3-2-4-6-10;/h2-6,8-9,13,15,19-20H,7,17H2,1H3;1H/t13-,15+;/m1./s1. The second kappa shape index (κ2) is 8.49. The maximum Gasteiger partial charge on any atom is 0.314 e. The van der Waals surface area contributed by atoms with E-state index in [1.807, 2.05) is 30.3 Å². The summed E-state index contributed by atoms with van der Waals surface area (Å²) in [5.41, 5.74) is 6.72. The smallest absolute Gasteiger partial charge is 0.314 e. The lowest BCUT2D eigenvalue weighted by Crippen LogP contribution is -2.28. The fourth-order valence-electron chi connectivity index (χ4n) is 2.31. The van der Waals surface area contributed by atoms with Crippen molar-refractivity contribution in [2.45, 2.75) is 18.6 Å². The Labute approximate surface area is 145 Å². The van der Waals surface area contributed by atoms with E-state index in [0.29, 0.717) is 12.0 Å². The first-order valence-electron chi connectivity index (χ1n) is 6.97. The van der Waals surface area contributed by atoms with Crippen LogP contribution in [-0.4, -0.2) is 28.4 Å². The van der Waals surface area contributed by atoms with Crippen molar-refractivity contribution in [3.05, 3.63) is 63.7 Å². The predicted octanol–water partition coefficient (Wildman–Crippen LogP) is 2.33. The number of benzene rings is 2. The third-order valence-corrected chi connectivity index (χ3v) is 3.58. The minimum absolute atomic E-state index is 0. The zero-order chi connectivity index (χ0) is 17.0. The van der Waals surface area contributed by atoms with Gasteiger partial charge in [0, 0.05) is 12.5 Å². The van der Waals surface area contributed by atoms with E-state index in [2.05, 4.69) is 0 Å². The second-order valence-corrected chi connectivity index (χ2v) is 5.13. The minimum atomic E-state index is -0.939. The summed E-state index contributed by atoms with van der Waals surface area (Å²) in [6.07, 6.45) is -0.634. The molecule has 2 aromatic rings. The number of ether oxygens (including phenoxy) is 1. The number of hydrogen-bond acceptors (Lipinski definition) is 6. The van der Waals surface area contributed by atoms with Gasteiger partial charge in [0.05, 0.1) is 24.2 Å². The van der Waals surface area contributed by atoms with Crippen molar-refractivity contribution in [1.29, 1.82) is 0 Å². The van der Waals surface area contributed by atoms with Gasteiger partial charge in [-0.05, 0) is 17.2 Å². The van der Waals surface area contributed by atoms with Crippen molar-refractivity contribution in [3.63, 3.8) is 0 Å². The molecule has 0 fully saturated rings. The maximum atomic E-state index is 11.0. The number of phenolic OH excluding ortho intramolecular Hbond substituents is 1. The van der Waals surface area contributed by atoms with Gasteiger partial charge in [0.1, 0.15) is 0 Å². The van der Waals surface area contributed by atoms with Crippen LogP contribution in [0.4, 0.5) is 5.69 Å². The normalized spacial score (nSPS) is 12.8. The average Bonchev–Trinajstić information content (AvgIpc) is 2.55. The fraction of sp³-hybridized carbons (Fsp3) is 0.250. The number of nitro benzene ring substituents is 1. The van der Waals surface area contributed by atoms with Crippen LogP contribution in [0.1, 0.15) is 17.2 Å². The highest BCUT2D eigenvalue weighted by Gasteiger charge is 2.25. The molecule has 0 unspecified atom stereocenters. The summed E-state index contributed by atoms with van der Waals surface area (Å²) in [7, 11) is 1.29. The number of hydrogen-bond donors (Lipinski definition) is 3. The van der Waals surface area contributed by atoms with Crippen LogP contribution in [0.15, 0.2) is 42.5 Å². The van der Waals surface area contributed by atoms with Crippen LogP contribution < -0.4 is 10.5 Å². The van der Waals surface area contributed by atoms with E-state index < -0.39 is 28.5 Å². The summed E-state index contributed by atoms with van der Waals surface area (Å²) < 4.78 is 4.93. The van der Waals surface area contributed by atoms with Gasteiger partial charge in [0.15, 0.2) is 5.75 Å². The van der Waals surface area contributed by atoms with E-state index in [-0.39, 0.29) is 18.2 Å². The third-order valence-electron chi connectivity index (χ3n) is 3.58. The molecule has 2 atom stereocenters. The summed E-state index contributed by atoms with van der Waals surface area (Å²) in [5.74, 6) is -0.623. The molecule has 0 aliphatic carbocycles. The van der Waals surface area contributed by atoms with E-state index in [0.717, 1.165) is 11.6 Å². The molecule has 2 aromatic carbocycles. The molecule has 0 aromatic heterocycles. The van der Waals surface area contributed by atoms with E-state index >= 15 is 0 Å². The van der Waals surface area contributed by atoms with Gasteiger partial charge in [0.25, 0.3) is 0 Å². The number of nitro groups is 1. The van der Waals surface area contributed by atoms with Crippen LogP contribution in [0.3, 0.4) is 0 Å². The molecule has 0 bridgehead atoms. The second-order valence-electron chi connectivity index (χ2n) is 5.13. The molecule has 0 spiro atoms. The monoisotopic (exact) mass is 354 g/mol. The summed E-state index contributed by atoms with van der Waals surface area (Å²) in [5, 5.41) is 31.1. The quantitative estimate of drug-likeness (QED) is 0.541. The van der Waals surface area contributed by atoms with Crippen LogP contribution in [0.2, 0.25) is 0 Å². The zero-order valence-electron chi connectivity index (χ0n) is 13.0. The van der Waals surface area contributed by atoms with Crippen LogP contribution in [0, 0.1) is 10.1 Å². The summed E-state index contributed by atoms with van der Waals surface area (Å²) >= 11 is 0. The highest BCUT2D eigenvalue weighted by atomic mass is 35.5. The Morgan fingerprint density at radius 2 is 1.92 bits per heavy atom. The lowest BCUT2D eigenvalue weighted by molar-refractivity contribution is -0.386. The predicted molar refractivity (Wildman–Crippen MR) is 91.6 cm³/mol. The Hall–Kier alpha value is -2.35. The number of nitrogens with zero attached hydrogens (tertiary/aromatic N) is 1. The number of phenols is 1. The number of aromatic hydroxyl groups is 1. The first-order chi connectivity index (χ1) is 10.9. The van der Waals surface area contributed by atoms with Gasteiger partial charge < -0.3 is 20.7 Å². The molecule has 0 saturated heterocycles. The number of methoxy groups -OCH3 is 1. The van der Waals surface area contributed by atoms with Crippen LogP contribution >= 0.6 is 12.4 Å². The van der Waals surface area contributed by atoms with Crippen molar-refractivity contribution in [3.8, 4) is 11.5 Å². The van der Waals surface area contributed by atoms with Crippen LogP contribution in [-0.2, 0) is 6.42 Å². The molecule has 8 heteroatoms. The Morgan fingerprint density at radius 1 is 1.29 bits per heavy atom. The first-order valence-corrected chi connectivity index (χ1v) is 6.97. The molecule has 7 nitrogen and oxygen atoms in total. The molecule has 0 radical (unpaired) electrons. The van der Waals surface area contributed by atoms with Gasteiger partial charge in [-0.25, -0.2) is 0 Å². The molecule has 0 amide bonds. The lowest BCUT2D eigenvalue weighted by atomic mass is 9.96. The van der Waals surface area contributed by atoms with E-state index in [9.17, 15) is 20.3 Å². The molecule has 0 heterocycles. The van der Waals surface area contributed by atoms with Crippen LogP contribution in [0.5, 0.6) is 11.5 Å². The van der Waals surface area contributed by atoms with Gasteiger partial charge in [-0.2, -0.15) is 0 Å². The highest BCUT2D eigenvalue weighted by Crippen LogP contribution is 2.38. The van der Waals surface area contributed by atoms with Crippen molar-refractivity contribution >= 4 is 18.1 Å². The Bertz CT molecular complexity index is 696. The molecule has 0 saturated carbocycles. The largest absolute Gasteiger partial charge is 0.500 e. The number of halogens is 1. The number of aliphatic hydroxyl groups excluding tert-OH is 1. The van der Waals surface area contributed by atoms with Crippen molar-refractivity contribution in [2.75, 3.05) is 7.11 Å². The number of nitrogens with two attached hydrogens (primary N) is 1. The Balaban J connectivity index is 0.00000288. The zero-order valence-corrected chi connectivity index (χ0v) is 13.8. The minimum Gasteiger partial charge on any atom is -0.500 e. The summed E-state index contributed by atoms with van der Waals surface area (Å²) in [4.78, 5) is 10.3. The molecule has 24 heavy (non-hydrogen) atoms. The Morgan fingerprint density at radius 3 is 2.46 bits per heavy atom. The molecular weight excluding hydrogens is 336 g/mol. The molecular formula is C16H19ClN2O5. The van der Waals surface area contributed by atoms with E-state index in [4.69, 9.17) is 10.5 Å². The van der Waals surface area contributed by atoms with Gasteiger partial charge in [-0.1, -0.05) is 30.3 Å². The molecule has 4 N–H and O–H groups in total. The van der Waals surface area contributed by atoms with Gasteiger partial charge >= 0.3 is 5.69 Å². The summed E-state index contributed by atoms with van der Waals surface area (Å²) in [6, 6.07) is 11.0.